The van der Waals surface area contributed by atoms with E-state index in [-0.39, 0.29) is 12.0 Å². The Labute approximate surface area is 87.6 Å². The van der Waals surface area contributed by atoms with Crippen molar-refractivity contribution in [3.63, 3.8) is 0 Å². The smallest absolute Gasteiger partial charge is 0.308 e. The average molecular weight is 207 g/mol. The van der Waals surface area contributed by atoms with E-state index in [9.17, 15) is 4.79 Å². The van der Waals surface area contributed by atoms with Crippen molar-refractivity contribution in [2.45, 2.75) is 25.3 Å². The van der Waals surface area contributed by atoms with Gasteiger partial charge in [-0.15, -0.1) is 0 Å². The van der Waals surface area contributed by atoms with E-state index < -0.39 is 5.97 Å². The van der Waals surface area contributed by atoms with Crippen LogP contribution in [0.5, 0.6) is 0 Å². The summed E-state index contributed by atoms with van der Waals surface area (Å²) in [6, 6.07) is 1.74. The molecule has 0 unspecified atom stereocenters. The summed E-state index contributed by atoms with van der Waals surface area (Å²) in [6.07, 6.45) is 5.69. The van der Waals surface area contributed by atoms with Crippen molar-refractivity contribution in [3.05, 3.63) is 18.6 Å². The topological polar surface area (TPSA) is 75.1 Å². The van der Waals surface area contributed by atoms with E-state index in [1.54, 1.807) is 12.3 Å². The Hall–Kier alpha value is -1.65. The lowest BCUT2D eigenvalue weighted by molar-refractivity contribution is -0.141. The van der Waals surface area contributed by atoms with Gasteiger partial charge in [0.2, 0.25) is 0 Å². The van der Waals surface area contributed by atoms with Crippen LogP contribution in [0.3, 0.4) is 0 Å². The molecular weight excluding hydrogens is 194 g/mol. The van der Waals surface area contributed by atoms with E-state index >= 15 is 0 Å². The number of hydrogen-bond donors (Lipinski definition) is 2. The van der Waals surface area contributed by atoms with Gasteiger partial charge >= 0.3 is 5.97 Å². The number of carbonyl (C=O) groups is 1. The zero-order valence-corrected chi connectivity index (χ0v) is 8.26. The maximum absolute atomic E-state index is 10.9. The summed E-state index contributed by atoms with van der Waals surface area (Å²) >= 11 is 0. The van der Waals surface area contributed by atoms with Gasteiger partial charge in [0.1, 0.15) is 12.1 Å². The first-order valence-corrected chi connectivity index (χ1v) is 5.03. The van der Waals surface area contributed by atoms with Gasteiger partial charge in [0, 0.05) is 12.2 Å². The third-order valence-electron chi connectivity index (χ3n) is 2.75. The molecule has 5 nitrogen and oxygen atoms in total. The third-order valence-corrected chi connectivity index (χ3v) is 2.75. The van der Waals surface area contributed by atoms with Gasteiger partial charge in [-0.3, -0.25) is 4.79 Å². The number of carboxylic acid groups (broad SMARTS) is 1. The van der Waals surface area contributed by atoms with Crippen LogP contribution in [0.4, 0.5) is 5.82 Å². The highest BCUT2D eigenvalue weighted by Gasteiger charge is 2.32. The first kappa shape index (κ1) is 9.89. The number of aliphatic carboxylic acids is 1. The van der Waals surface area contributed by atoms with Crippen molar-refractivity contribution in [2.75, 3.05) is 5.32 Å². The van der Waals surface area contributed by atoms with E-state index in [0.717, 1.165) is 19.3 Å². The Morgan fingerprint density at radius 2 is 2.40 bits per heavy atom. The molecule has 1 aliphatic carbocycles. The van der Waals surface area contributed by atoms with Crippen LogP contribution in [0.2, 0.25) is 0 Å². The summed E-state index contributed by atoms with van der Waals surface area (Å²) in [6.45, 7) is 0. The van der Waals surface area contributed by atoms with E-state index in [1.165, 1.54) is 6.33 Å². The standard InChI is InChI=1S/C10H13N3O2/c14-10(15)7-2-1-3-8(7)13-9-4-5-11-6-12-9/h4-8H,1-3H2,(H,14,15)(H,11,12,13)/t7-,8+/m1/s1. The van der Waals surface area contributed by atoms with Crippen molar-refractivity contribution < 1.29 is 9.90 Å². The molecule has 5 heteroatoms. The molecule has 0 saturated heterocycles. The van der Waals surface area contributed by atoms with Crippen LogP contribution >= 0.6 is 0 Å². The van der Waals surface area contributed by atoms with Crippen molar-refractivity contribution >= 4 is 11.8 Å². The highest BCUT2D eigenvalue weighted by Crippen LogP contribution is 2.28. The van der Waals surface area contributed by atoms with Gasteiger partial charge in [0.25, 0.3) is 0 Å². The zero-order chi connectivity index (χ0) is 10.7. The largest absolute Gasteiger partial charge is 0.481 e. The number of carboxylic acids is 1. The van der Waals surface area contributed by atoms with Gasteiger partial charge in [-0.05, 0) is 18.9 Å². The second-order valence-corrected chi connectivity index (χ2v) is 3.72. The zero-order valence-electron chi connectivity index (χ0n) is 8.26. The Balaban J connectivity index is 2.03. The van der Waals surface area contributed by atoms with Crippen molar-refractivity contribution in [3.8, 4) is 0 Å². The van der Waals surface area contributed by atoms with Gasteiger partial charge in [0.15, 0.2) is 0 Å². The Morgan fingerprint density at radius 1 is 1.53 bits per heavy atom. The van der Waals surface area contributed by atoms with Crippen LogP contribution in [-0.2, 0) is 4.79 Å². The van der Waals surface area contributed by atoms with Gasteiger partial charge in [0.05, 0.1) is 5.92 Å². The molecule has 2 atom stereocenters. The molecule has 0 aromatic carbocycles. The average Bonchev–Trinajstić information content (AvgIpc) is 2.67. The summed E-state index contributed by atoms with van der Waals surface area (Å²) in [7, 11) is 0. The van der Waals surface area contributed by atoms with Crippen LogP contribution in [0, 0.1) is 5.92 Å². The van der Waals surface area contributed by atoms with Gasteiger partial charge in [-0.2, -0.15) is 0 Å². The minimum atomic E-state index is -0.723. The number of nitrogens with zero attached hydrogens (tertiary/aromatic N) is 2. The minimum absolute atomic E-state index is 0.00241. The summed E-state index contributed by atoms with van der Waals surface area (Å²) in [5.74, 6) is -0.317. The molecule has 1 aromatic heterocycles. The first-order valence-electron chi connectivity index (χ1n) is 5.03. The van der Waals surface area contributed by atoms with Crippen molar-refractivity contribution in [1.82, 2.24) is 9.97 Å². The molecule has 80 valence electrons. The quantitative estimate of drug-likeness (QED) is 0.777. The molecule has 0 amide bonds. The van der Waals surface area contributed by atoms with Crippen LogP contribution < -0.4 is 5.32 Å². The van der Waals surface area contributed by atoms with Crippen LogP contribution in [0.25, 0.3) is 0 Å². The fourth-order valence-electron chi connectivity index (χ4n) is 1.99. The number of hydrogen-bond acceptors (Lipinski definition) is 4. The molecule has 1 fully saturated rings. The Bertz CT molecular complexity index is 342. The van der Waals surface area contributed by atoms with E-state index in [0.29, 0.717) is 5.82 Å². The molecule has 15 heavy (non-hydrogen) atoms. The summed E-state index contributed by atoms with van der Waals surface area (Å²) in [5, 5.41) is 12.1. The Morgan fingerprint density at radius 3 is 3.07 bits per heavy atom. The molecule has 0 aliphatic heterocycles. The van der Waals surface area contributed by atoms with E-state index in [2.05, 4.69) is 15.3 Å². The van der Waals surface area contributed by atoms with Crippen molar-refractivity contribution in [2.24, 2.45) is 5.92 Å². The van der Waals surface area contributed by atoms with Gasteiger partial charge in [-0.25, -0.2) is 9.97 Å². The van der Waals surface area contributed by atoms with Crippen LogP contribution in [-0.4, -0.2) is 27.1 Å². The molecule has 1 heterocycles. The second-order valence-electron chi connectivity index (χ2n) is 3.72. The summed E-state index contributed by atoms with van der Waals surface area (Å²) in [4.78, 5) is 18.8. The lowest BCUT2D eigenvalue weighted by Gasteiger charge is -2.17. The summed E-state index contributed by atoms with van der Waals surface area (Å²) < 4.78 is 0. The molecule has 1 saturated carbocycles. The van der Waals surface area contributed by atoms with Crippen LogP contribution in [0.15, 0.2) is 18.6 Å². The molecular formula is C10H13N3O2. The molecule has 1 aromatic rings. The summed E-state index contributed by atoms with van der Waals surface area (Å²) in [5.41, 5.74) is 0. The molecule has 2 rings (SSSR count). The minimum Gasteiger partial charge on any atom is -0.481 e. The lowest BCUT2D eigenvalue weighted by atomic mass is 10.0. The Kier molecular flexibility index (Phi) is 2.80. The lowest BCUT2D eigenvalue weighted by Crippen LogP contribution is -2.30. The van der Waals surface area contributed by atoms with Crippen LogP contribution in [0.1, 0.15) is 19.3 Å². The number of rotatable bonds is 3. The predicted octanol–water partition coefficient (Wildman–Crippen LogP) is 1.14. The van der Waals surface area contributed by atoms with Crippen molar-refractivity contribution in [1.29, 1.82) is 0 Å². The molecule has 2 N–H and O–H groups in total. The normalized spacial score (nSPS) is 25.1. The highest BCUT2D eigenvalue weighted by atomic mass is 16.4. The number of nitrogens with one attached hydrogen (secondary N) is 1. The third kappa shape index (κ3) is 2.23. The maximum Gasteiger partial charge on any atom is 0.308 e. The molecule has 0 radical (unpaired) electrons. The van der Waals surface area contributed by atoms with Gasteiger partial charge in [-0.1, -0.05) is 6.42 Å². The number of aromatic nitrogens is 2. The molecule has 0 spiro atoms. The van der Waals surface area contributed by atoms with Gasteiger partial charge < -0.3 is 10.4 Å². The SMILES string of the molecule is O=C(O)[C@@H]1CCC[C@@H]1Nc1ccncn1. The molecule has 0 bridgehead atoms. The number of anilines is 1. The predicted molar refractivity (Wildman–Crippen MR) is 54.4 cm³/mol. The fraction of sp³-hybridized carbons (Fsp3) is 0.500. The van der Waals surface area contributed by atoms with E-state index in [1.807, 2.05) is 0 Å². The first-order chi connectivity index (χ1) is 7.27. The second kappa shape index (κ2) is 4.25. The maximum atomic E-state index is 10.9. The highest BCUT2D eigenvalue weighted by molar-refractivity contribution is 5.72. The van der Waals surface area contributed by atoms with E-state index in [4.69, 9.17) is 5.11 Å². The molecule has 1 aliphatic rings. The fourth-order valence-corrected chi connectivity index (χ4v) is 1.99. The monoisotopic (exact) mass is 207 g/mol.